The highest BCUT2D eigenvalue weighted by molar-refractivity contribution is 7.61. The maximum absolute atomic E-state index is 13.4. The standard InChI is InChI=1S/C26H45FN4O10P2/c1-2-3-4-5-6-7-8-9-10-11-12-13-14-15-16-38-42(34,35)41-43(36,37)40-25-21(22(33)20(18-32)39-25)24-28-17-19-23(30-24)31-26(27)29-19/h17,20-22,25,32-33H,2-16,18H2,1H3,(H,34,35)(H,36,37)(H,28,29,30,31)/t20-,21-,22-,25?/m1/s1. The monoisotopic (exact) mass is 654 g/mol. The van der Waals surface area contributed by atoms with Crippen molar-refractivity contribution < 1.29 is 51.6 Å². The number of H-pyrrole nitrogens is 1. The molecule has 5 N–H and O–H groups in total. The number of phosphoric acid groups is 2. The average molecular weight is 655 g/mol. The molecule has 0 saturated carbocycles. The van der Waals surface area contributed by atoms with Crippen molar-refractivity contribution in [3.05, 3.63) is 18.1 Å². The number of aromatic amines is 1. The van der Waals surface area contributed by atoms with Crippen LogP contribution in [0.4, 0.5) is 4.39 Å². The van der Waals surface area contributed by atoms with E-state index in [1.807, 2.05) is 0 Å². The van der Waals surface area contributed by atoms with Crippen LogP contribution < -0.4 is 0 Å². The van der Waals surface area contributed by atoms with E-state index in [0.29, 0.717) is 6.42 Å². The van der Waals surface area contributed by atoms with Gasteiger partial charge in [-0.25, -0.2) is 19.1 Å². The van der Waals surface area contributed by atoms with Crippen molar-refractivity contribution in [1.82, 2.24) is 19.9 Å². The number of hydrogen-bond acceptors (Lipinski definition) is 11. The van der Waals surface area contributed by atoms with E-state index in [9.17, 15) is 33.5 Å². The second-order valence-corrected chi connectivity index (χ2v) is 13.8. The van der Waals surface area contributed by atoms with Crippen molar-refractivity contribution in [2.24, 2.45) is 0 Å². The number of halogens is 1. The molecule has 2 aromatic heterocycles. The molecule has 3 heterocycles. The molecule has 0 spiro atoms. The zero-order valence-electron chi connectivity index (χ0n) is 24.6. The van der Waals surface area contributed by atoms with E-state index in [4.69, 9.17) is 13.8 Å². The van der Waals surface area contributed by atoms with Crippen molar-refractivity contribution in [2.75, 3.05) is 13.2 Å². The van der Waals surface area contributed by atoms with E-state index < -0.39 is 52.7 Å². The van der Waals surface area contributed by atoms with Crippen LogP contribution in [0.25, 0.3) is 11.2 Å². The molecule has 0 radical (unpaired) electrons. The predicted molar refractivity (Wildman–Crippen MR) is 154 cm³/mol. The molecular formula is C26H45FN4O10P2. The first-order chi connectivity index (χ1) is 20.5. The van der Waals surface area contributed by atoms with Crippen molar-refractivity contribution in [2.45, 2.75) is 121 Å². The Labute approximate surface area is 251 Å². The van der Waals surface area contributed by atoms with E-state index in [1.54, 1.807) is 0 Å². The third-order valence-corrected chi connectivity index (χ3v) is 9.89. The molecule has 3 unspecified atom stereocenters. The number of aliphatic hydroxyl groups is 2. The number of hydrogen-bond donors (Lipinski definition) is 5. The van der Waals surface area contributed by atoms with Gasteiger partial charge in [0, 0.05) is 0 Å². The molecule has 2 aromatic rings. The summed E-state index contributed by atoms with van der Waals surface area (Å²) < 4.78 is 57.9. The fraction of sp³-hybridized carbons (Fsp3) is 0.808. The molecule has 1 aliphatic rings. The highest BCUT2D eigenvalue weighted by Crippen LogP contribution is 2.62. The minimum atomic E-state index is -5.31. The largest absolute Gasteiger partial charge is 0.483 e. The quantitative estimate of drug-likeness (QED) is 0.0614. The summed E-state index contributed by atoms with van der Waals surface area (Å²) in [5, 5.41) is 20.1. The van der Waals surface area contributed by atoms with E-state index in [2.05, 4.69) is 31.2 Å². The molecule has 0 amide bonds. The SMILES string of the molecule is CCCCCCCCCCCCCCCCOP(=O)(O)OP(=O)(O)OC1O[C@H](CO)[C@@H](O)[C@@H]1c1ncc2[nH]c(F)nc2n1. The van der Waals surface area contributed by atoms with Crippen molar-refractivity contribution in [3.8, 4) is 0 Å². The molecule has 1 aliphatic heterocycles. The minimum absolute atomic E-state index is 0.0962. The molecule has 6 atom stereocenters. The number of aliphatic hydroxyl groups excluding tert-OH is 2. The van der Waals surface area contributed by atoms with Gasteiger partial charge in [-0.15, -0.1) is 0 Å². The lowest BCUT2D eigenvalue weighted by atomic mass is 10.00. The Kier molecular flexibility index (Phi) is 15.1. The Morgan fingerprint density at radius 3 is 2.09 bits per heavy atom. The van der Waals surface area contributed by atoms with Gasteiger partial charge in [0.15, 0.2) is 11.9 Å². The van der Waals surface area contributed by atoms with Crippen LogP contribution in [0.5, 0.6) is 0 Å². The topological polar surface area (TPSA) is 206 Å². The average Bonchev–Trinajstić information content (AvgIpc) is 3.46. The van der Waals surface area contributed by atoms with Gasteiger partial charge < -0.3 is 29.7 Å². The smallest absolute Gasteiger partial charge is 0.394 e. The summed E-state index contributed by atoms with van der Waals surface area (Å²) in [5.41, 5.74) is 0.0558. The Bertz CT molecular complexity index is 1210. The van der Waals surface area contributed by atoms with Crippen molar-refractivity contribution in [1.29, 1.82) is 0 Å². The Morgan fingerprint density at radius 1 is 0.930 bits per heavy atom. The lowest BCUT2D eigenvalue weighted by Gasteiger charge is -2.22. The van der Waals surface area contributed by atoms with Gasteiger partial charge >= 0.3 is 15.6 Å². The first kappa shape index (κ1) is 36.1. The van der Waals surface area contributed by atoms with Crippen LogP contribution in [0, 0.1) is 6.08 Å². The fourth-order valence-corrected chi connectivity index (χ4v) is 7.17. The Hall–Kier alpha value is -1.38. The second-order valence-electron chi connectivity index (χ2n) is 10.8. The first-order valence-corrected chi connectivity index (χ1v) is 18.1. The number of imidazole rings is 1. The van der Waals surface area contributed by atoms with Gasteiger partial charge in [-0.1, -0.05) is 90.4 Å². The van der Waals surface area contributed by atoms with Gasteiger partial charge in [0.25, 0.3) is 6.08 Å². The summed E-state index contributed by atoms with van der Waals surface area (Å²) in [6, 6.07) is 0. The number of unbranched alkanes of at least 4 members (excludes halogenated alkanes) is 13. The predicted octanol–water partition coefficient (Wildman–Crippen LogP) is 5.39. The van der Waals surface area contributed by atoms with Crippen LogP contribution in [0.15, 0.2) is 6.20 Å². The highest BCUT2D eigenvalue weighted by atomic mass is 31.3. The molecule has 246 valence electrons. The van der Waals surface area contributed by atoms with Crippen molar-refractivity contribution >= 4 is 26.8 Å². The lowest BCUT2D eigenvalue weighted by Crippen LogP contribution is -2.29. The number of fused-ring (bicyclic) bond motifs is 1. The number of aromatic nitrogens is 4. The van der Waals surface area contributed by atoms with Crippen LogP contribution in [0.3, 0.4) is 0 Å². The number of phosphoric ester groups is 2. The molecule has 0 bridgehead atoms. The summed E-state index contributed by atoms with van der Waals surface area (Å²) in [4.78, 5) is 34.0. The van der Waals surface area contributed by atoms with E-state index in [1.165, 1.54) is 64.0 Å². The number of rotatable bonds is 22. The van der Waals surface area contributed by atoms with Crippen molar-refractivity contribution in [3.63, 3.8) is 0 Å². The van der Waals surface area contributed by atoms with Crippen LogP contribution in [0.1, 0.15) is 109 Å². The maximum Gasteiger partial charge on any atom is 0.483 e. The van der Waals surface area contributed by atoms with E-state index in [-0.39, 0.29) is 23.6 Å². The summed E-state index contributed by atoms with van der Waals surface area (Å²) in [6.07, 6.45) is 11.6. The Morgan fingerprint density at radius 2 is 1.51 bits per heavy atom. The molecule has 1 saturated heterocycles. The van der Waals surface area contributed by atoms with Crippen LogP contribution in [0.2, 0.25) is 0 Å². The lowest BCUT2D eigenvalue weighted by molar-refractivity contribution is -0.105. The normalized spacial score (nSPS) is 23.5. The second kappa shape index (κ2) is 17.9. The molecular weight excluding hydrogens is 609 g/mol. The zero-order valence-corrected chi connectivity index (χ0v) is 26.3. The molecule has 1 fully saturated rings. The number of ether oxygens (including phenoxy) is 1. The van der Waals surface area contributed by atoms with Crippen LogP contribution in [-0.2, 0) is 27.2 Å². The minimum Gasteiger partial charge on any atom is -0.394 e. The van der Waals surface area contributed by atoms with E-state index >= 15 is 0 Å². The number of nitrogens with one attached hydrogen (secondary N) is 1. The third-order valence-electron chi connectivity index (χ3n) is 7.25. The third kappa shape index (κ3) is 12.1. The zero-order chi connectivity index (χ0) is 31.3. The van der Waals surface area contributed by atoms with Crippen LogP contribution >= 0.6 is 15.6 Å². The molecule has 0 aliphatic carbocycles. The van der Waals surface area contributed by atoms with Gasteiger partial charge in [0.1, 0.15) is 17.4 Å². The molecule has 0 aromatic carbocycles. The van der Waals surface area contributed by atoms with Gasteiger partial charge in [-0.2, -0.15) is 13.7 Å². The molecule has 3 rings (SSSR count). The van der Waals surface area contributed by atoms with Crippen LogP contribution in [-0.4, -0.2) is 71.6 Å². The van der Waals surface area contributed by atoms with Gasteiger partial charge in [-0.3, -0.25) is 9.05 Å². The summed E-state index contributed by atoms with van der Waals surface area (Å²) >= 11 is 0. The molecule has 14 nitrogen and oxygen atoms in total. The molecule has 43 heavy (non-hydrogen) atoms. The molecule has 17 heteroatoms. The Balaban J connectivity index is 1.37. The summed E-state index contributed by atoms with van der Waals surface area (Å²) in [7, 11) is -10.3. The van der Waals surface area contributed by atoms with Gasteiger partial charge in [0.2, 0.25) is 0 Å². The van der Waals surface area contributed by atoms with Gasteiger partial charge in [-0.05, 0) is 6.42 Å². The fourth-order valence-electron chi connectivity index (χ4n) is 4.98. The summed E-state index contributed by atoms with van der Waals surface area (Å²) in [6.45, 7) is 1.35. The highest BCUT2D eigenvalue weighted by Gasteiger charge is 2.50. The van der Waals surface area contributed by atoms with E-state index in [0.717, 1.165) is 25.7 Å². The maximum atomic E-state index is 13.4. The first-order valence-electron chi connectivity index (χ1n) is 15.1. The number of nitrogens with zero attached hydrogens (tertiary/aromatic N) is 3. The van der Waals surface area contributed by atoms with Gasteiger partial charge in [0.05, 0.1) is 31.4 Å². The summed E-state index contributed by atoms with van der Waals surface area (Å²) in [5.74, 6) is -1.56.